The van der Waals surface area contributed by atoms with Crippen molar-refractivity contribution in [3.63, 3.8) is 0 Å². The standard InChI is InChI=1S/C14H26N2O6/c1-10(2)5-12(8-15(18)19)7-14(17)22-13(6-11(3)4)9-16(20)21/h10-13H,5-9H2,1-4H3. The van der Waals surface area contributed by atoms with E-state index in [1.807, 2.05) is 27.7 Å². The van der Waals surface area contributed by atoms with Gasteiger partial charge in [0, 0.05) is 15.8 Å². The van der Waals surface area contributed by atoms with E-state index in [0.29, 0.717) is 12.8 Å². The predicted octanol–water partition coefficient (Wildman–Crippen LogP) is 2.55. The molecule has 0 radical (unpaired) electrons. The van der Waals surface area contributed by atoms with Crippen molar-refractivity contribution >= 4 is 5.97 Å². The van der Waals surface area contributed by atoms with E-state index in [1.165, 1.54) is 0 Å². The molecule has 0 aromatic rings. The number of nitrogens with zero attached hydrogens (tertiary/aromatic N) is 2. The third-order valence-electron chi connectivity index (χ3n) is 3.05. The van der Waals surface area contributed by atoms with Crippen LogP contribution in [0, 0.1) is 38.0 Å². The summed E-state index contributed by atoms with van der Waals surface area (Å²) in [5, 5.41) is 21.3. The average molecular weight is 318 g/mol. The fourth-order valence-corrected chi connectivity index (χ4v) is 2.42. The zero-order chi connectivity index (χ0) is 17.3. The number of rotatable bonds is 11. The van der Waals surface area contributed by atoms with Crippen LogP contribution in [0.15, 0.2) is 0 Å². The van der Waals surface area contributed by atoms with Crippen LogP contribution >= 0.6 is 0 Å². The normalized spacial score (nSPS) is 13.9. The summed E-state index contributed by atoms with van der Waals surface area (Å²) in [5.41, 5.74) is 0. The van der Waals surface area contributed by atoms with E-state index in [-0.39, 0.29) is 24.8 Å². The lowest BCUT2D eigenvalue weighted by molar-refractivity contribution is -0.491. The molecule has 0 aliphatic rings. The number of esters is 1. The molecule has 0 heterocycles. The van der Waals surface area contributed by atoms with Crippen molar-refractivity contribution in [2.45, 2.75) is 53.1 Å². The van der Waals surface area contributed by atoms with Gasteiger partial charge in [-0.15, -0.1) is 0 Å². The van der Waals surface area contributed by atoms with Crippen LogP contribution in [-0.4, -0.2) is 35.0 Å². The Kier molecular flexibility index (Phi) is 9.28. The molecule has 22 heavy (non-hydrogen) atoms. The van der Waals surface area contributed by atoms with E-state index in [4.69, 9.17) is 4.74 Å². The van der Waals surface area contributed by atoms with E-state index in [1.54, 1.807) is 0 Å². The SMILES string of the molecule is CC(C)CC(CC(=O)OC(CC(C)C)C[N+](=O)[O-])C[N+](=O)[O-]. The van der Waals surface area contributed by atoms with Gasteiger partial charge in [0.2, 0.25) is 13.1 Å². The lowest BCUT2D eigenvalue weighted by Crippen LogP contribution is -2.29. The minimum atomic E-state index is -0.780. The average Bonchev–Trinajstić information content (AvgIpc) is 2.23. The molecule has 0 aliphatic heterocycles. The minimum Gasteiger partial charge on any atom is -0.455 e. The third kappa shape index (κ3) is 11.0. The molecule has 0 fully saturated rings. The zero-order valence-electron chi connectivity index (χ0n) is 13.7. The van der Waals surface area contributed by atoms with E-state index in [2.05, 4.69) is 0 Å². The van der Waals surface area contributed by atoms with Crippen LogP contribution in [0.3, 0.4) is 0 Å². The number of nitro groups is 2. The molecule has 2 unspecified atom stereocenters. The van der Waals surface area contributed by atoms with Crippen molar-refractivity contribution in [3.05, 3.63) is 20.2 Å². The Bertz CT molecular complexity index is 350. The molecule has 8 heteroatoms. The van der Waals surface area contributed by atoms with Crippen molar-refractivity contribution in [2.75, 3.05) is 13.1 Å². The van der Waals surface area contributed by atoms with E-state index in [9.17, 15) is 25.0 Å². The molecule has 2 atom stereocenters. The van der Waals surface area contributed by atoms with Gasteiger partial charge in [-0.1, -0.05) is 27.7 Å². The van der Waals surface area contributed by atoms with Crippen LogP contribution in [0.5, 0.6) is 0 Å². The van der Waals surface area contributed by atoms with Gasteiger partial charge in [0.15, 0.2) is 6.10 Å². The van der Waals surface area contributed by atoms with Gasteiger partial charge in [0.1, 0.15) is 0 Å². The monoisotopic (exact) mass is 318 g/mol. The second-order valence-electron chi connectivity index (χ2n) is 6.47. The lowest BCUT2D eigenvalue weighted by atomic mass is 9.94. The van der Waals surface area contributed by atoms with Crippen LogP contribution in [0.4, 0.5) is 0 Å². The van der Waals surface area contributed by atoms with Gasteiger partial charge in [-0.2, -0.15) is 0 Å². The van der Waals surface area contributed by atoms with Crippen molar-refractivity contribution in [1.82, 2.24) is 0 Å². The van der Waals surface area contributed by atoms with E-state index in [0.717, 1.165) is 0 Å². The zero-order valence-corrected chi connectivity index (χ0v) is 13.7. The maximum atomic E-state index is 11.9. The Labute approximate surface area is 130 Å². The quantitative estimate of drug-likeness (QED) is 0.328. The van der Waals surface area contributed by atoms with Gasteiger partial charge in [0.25, 0.3) is 0 Å². The highest BCUT2D eigenvalue weighted by Crippen LogP contribution is 2.18. The summed E-state index contributed by atoms with van der Waals surface area (Å²) < 4.78 is 5.16. The highest BCUT2D eigenvalue weighted by Gasteiger charge is 2.26. The number of hydrogen-bond donors (Lipinski definition) is 0. The van der Waals surface area contributed by atoms with E-state index >= 15 is 0 Å². The van der Waals surface area contributed by atoms with Crippen LogP contribution in [-0.2, 0) is 9.53 Å². The second-order valence-corrected chi connectivity index (χ2v) is 6.47. The summed E-state index contributed by atoms with van der Waals surface area (Å²) >= 11 is 0. The molecular formula is C14H26N2O6. The first-order valence-corrected chi connectivity index (χ1v) is 7.53. The van der Waals surface area contributed by atoms with Gasteiger partial charge in [-0.05, 0) is 24.7 Å². The summed E-state index contributed by atoms with van der Waals surface area (Å²) in [6.07, 6.45) is 0.0837. The Morgan fingerprint density at radius 2 is 1.45 bits per heavy atom. The van der Waals surface area contributed by atoms with Gasteiger partial charge in [-0.25, -0.2) is 0 Å². The number of hydrogen-bond acceptors (Lipinski definition) is 6. The van der Waals surface area contributed by atoms with Crippen molar-refractivity contribution in [2.24, 2.45) is 17.8 Å². The van der Waals surface area contributed by atoms with Crippen molar-refractivity contribution < 1.29 is 19.4 Å². The van der Waals surface area contributed by atoms with E-state index < -0.39 is 34.4 Å². The van der Waals surface area contributed by atoms with Crippen LogP contribution in [0.1, 0.15) is 47.0 Å². The number of carbonyl (C=O) groups excluding carboxylic acids is 1. The fourth-order valence-electron chi connectivity index (χ4n) is 2.42. The third-order valence-corrected chi connectivity index (χ3v) is 3.05. The van der Waals surface area contributed by atoms with Crippen LogP contribution in [0.25, 0.3) is 0 Å². The fraction of sp³-hybridized carbons (Fsp3) is 0.929. The molecule has 0 bridgehead atoms. The maximum Gasteiger partial charge on any atom is 0.306 e. The molecular weight excluding hydrogens is 292 g/mol. The van der Waals surface area contributed by atoms with Crippen LogP contribution < -0.4 is 0 Å². The molecule has 0 N–H and O–H groups in total. The first-order chi connectivity index (χ1) is 10.1. The van der Waals surface area contributed by atoms with Gasteiger partial charge < -0.3 is 4.74 Å². The summed E-state index contributed by atoms with van der Waals surface area (Å²) in [5.74, 6) is -0.622. The van der Waals surface area contributed by atoms with Gasteiger partial charge in [-0.3, -0.25) is 25.0 Å². The van der Waals surface area contributed by atoms with Gasteiger partial charge >= 0.3 is 5.97 Å². The Hall–Kier alpha value is -1.73. The molecule has 0 saturated heterocycles. The highest BCUT2D eigenvalue weighted by molar-refractivity contribution is 5.69. The lowest BCUT2D eigenvalue weighted by Gasteiger charge is -2.18. The Morgan fingerprint density at radius 3 is 1.86 bits per heavy atom. The molecule has 8 nitrogen and oxygen atoms in total. The Balaban J connectivity index is 4.60. The minimum absolute atomic E-state index is 0.0779. The second kappa shape index (κ2) is 10.1. The van der Waals surface area contributed by atoms with Crippen molar-refractivity contribution in [3.8, 4) is 0 Å². The molecule has 0 aromatic carbocycles. The first-order valence-electron chi connectivity index (χ1n) is 7.53. The number of ether oxygens (including phenoxy) is 1. The highest BCUT2D eigenvalue weighted by atomic mass is 16.6. The molecule has 128 valence electrons. The summed E-state index contributed by atoms with van der Waals surface area (Å²) in [4.78, 5) is 32.2. The molecule has 0 amide bonds. The Morgan fingerprint density at radius 1 is 0.955 bits per heavy atom. The molecule has 0 aromatic heterocycles. The largest absolute Gasteiger partial charge is 0.455 e. The van der Waals surface area contributed by atoms with Crippen LogP contribution in [0.2, 0.25) is 0 Å². The number of carbonyl (C=O) groups is 1. The predicted molar refractivity (Wildman–Crippen MR) is 80.6 cm³/mol. The maximum absolute atomic E-state index is 11.9. The first kappa shape index (κ1) is 20.3. The van der Waals surface area contributed by atoms with Crippen molar-refractivity contribution in [1.29, 1.82) is 0 Å². The summed E-state index contributed by atoms with van der Waals surface area (Å²) in [6, 6.07) is 0. The molecule has 0 saturated carbocycles. The summed E-state index contributed by atoms with van der Waals surface area (Å²) in [6.45, 7) is 6.88. The molecule has 0 rings (SSSR count). The molecule has 0 spiro atoms. The topological polar surface area (TPSA) is 113 Å². The smallest absolute Gasteiger partial charge is 0.306 e. The molecule has 0 aliphatic carbocycles. The van der Waals surface area contributed by atoms with Gasteiger partial charge in [0.05, 0.1) is 6.42 Å². The summed E-state index contributed by atoms with van der Waals surface area (Å²) in [7, 11) is 0.